The van der Waals surface area contributed by atoms with Crippen molar-refractivity contribution in [2.45, 2.75) is 29.8 Å². The highest BCUT2D eigenvalue weighted by Gasteiger charge is 2.48. The quantitative estimate of drug-likeness (QED) is 0.757. The van der Waals surface area contributed by atoms with Crippen molar-refractivity contribution < 1.29 is 24.5 Å². The van der Waals surface area contributed by atoms with Crippen LogP contribution in [-0.4, -0.2) is 76.7 Å². The fraction of sp³-hybridized carbons (Fsp3) is 0.500. The molecule has 0 radical (unpaired) electrons. The van der Waals surface area contributed by atoms with E-state index in [-0.39, 0.29) is 6.61 Å². The predicted molar refractivity (Wildman–Crippen MR) is 89.9 cm³/mol. The molecule has 0 unspecified atom stereocenters. The summed E-state index contributed by atoms with van der Waals surface area (Å²) in [6.07, 6.45) is -3.02. The predicted octanol–water partition coefficient (Wildman–Crippen LogP) is 0.323. The van der Waals surface area contributed by atoms with Crippen molar-refractivity contribution in [3.8, 4) is 0 Å². The van der Waals surface area contributed by atoms with Gasteiger partial charge in [0.05, 0.1) is 5.56 Å². The summed E-state index contributed by atoms with van der Waals surface area (Å²) in [7, 11) is 3.70. The zero-order valence-electron chi connectivity index (χ0n) is 13.4. The third-order valence-electron chi connectivity index (χ3n) is 3.92. The zero-order valence-corrected chi connectivity index (χ0v) is 14.2. The van der Waals surface area contributed by atoms with Crippen LogP contribution in [0.4, 0.5) is 0 Å². The number of aliphatic hydroxyl groups is 2. The Labute approximate surface area is 144 Å². The van der Waals surface area contributed by atoms with Crippen LogP contribution in [0.1, 0.15) is 10.4 Å². The minimum absolute atomic E-state index is 0.132. The molecule has 0 spiro atoms. The minimum Gasteiger partial charge on any atom is -0.459 e. The first-order chi connectivity index (χ1) is 11.5. The van der Waals surface area contributed by atoms with E-state index in [9.17, 15) is 15.0 Å². The van der Waals surface area contributed by atoms with Crippen molar-refractivity contribution in [1.29, 1.82) is 0 Å². The van der Waals surface area contributed by atoms with Crippen LogP contribution < -0.4 is 0 Å². The Balaban J connectivity index is 1.61. The molecule has 5 atom stereocenters. The van der Waals surface area contributed by atoms with E-state index in [1.165, 1.54) is 11.8 Å². The lowest BCUT2D eigenvalue weighted by molar-refractivity contribution is -0.164. The van der Waals surface area contributed by atoms with Gasteiger partial charge in [-0.25, -0.2) is 4.79 Å². The highest BCUT2D eigenvalue weighted by Crippen LogP contribution is 2.37. The maximum Gasteiger partial charge on any atom is 0.338 e. The molecule has 7 nitrogen and oxygen atoms in total. The highest BCUT2D eigenvalue weighted by atomic mass is 32.2. The fourth-order valence-electron chi connectivity index (χ4n) is 2.59. The molecule has 2 aliphatic heterocycles. The minimum atomic E-state index is -1.17. The fourth-order valence-corrected chi connectivity index (χ4v) is 3.75. The molecule has 24 heavy (non-hydrogen) atoms. The second-order valence-corrected chi connectivity index (χ2v) is 6.97. The molecule has 3 rings (SSSR count). The topological polar surface area (TPSA) is 91.6 Å². The van der Waals surface area contributed by atoms with E-state index < -0.39 is 35.8 Å². The molecule has 8 heteroatoms. The van der Waals surface area contributed by atoms with Crippen molar-refractivity contribution >= 4 is 22.9 Å². The SMILES string of the molecule is CN(C)C1=N[C@@H]2[C@@H](O)[C@@H](O)[C@@H](COC(=O)c3ccccc3)O[C@@H]2S1. The van der Waals surface area contributed by atoms with Crippen LogP contribution in [0.3, 0.4) is 0 Å². The van der Waals surface area contributed by atoms with Gasteiger partial charge in [-0.05, 0) is 12.1 Å². The smallest absolute Gasteiger partial charge is 0.338 e. The number of thioether (sulfide) groups is 1. The summed E-state index contributed by atoms with van der Waals surface area (Å²) in [5, 5.41) is 21.3. The van der Waals surface area contributed by atoms with Crippen LogP contribution >= 0.6 is 11.8 Å². The Morgan fingerprint density at radius 2 is 2.00 bits per heavy atom. The monoisotopic (exact) mass is 352 g/mol. The summed E-state index contributed by atoms with van der Waals surface area (Å²) in [5.74, 6) is -0.493. The van der Waals surface area contributed by atoms with Crippen LogP contribution in [-0.2, 0) is 9.47 Å². The summed E-state index contributed by atoms with van der Waals surface area (Å²) in [6.45, 7) is -0.132. The number of aliphatic hydroxyl groups excluding tert-OH is 2. The number of amidine groups is 1. The lowest BCUT2D eigenvalue weighted by Crippen LogP contribution is -2.56. The van der Waals surface area contributed by atoms with E-state index in [1.807, 2.05) is 19.0 Å². The van der Waals surface area contributed by atoms with Gasteiger partial charge in [0.15, 0.2) is 5.17 Å². The molecular formula is C16H20N2O5S. The Kier molecular flexibility index (Phi) is 5.09. The van der Waals surface area contributed by atoms with E-state index >= 15 is 0 Å². The number of fused-ring (bicyclic) bond motifs is 1. The van der Waals surface area contributed by atoms with Crippen molar-refractivity contribution in [2.24, 2.45) is 4.99 Å². The molecule has 0 aliphatic carbocycles. The summed E-state index contributed by atoms with van der Waals surface area (Å²) in [5.41, 5.74) is 0.0240. The summed E-state index contributed by atoms with van der Waals surface area (Å²) in [4.78, 5) is 18.2. The molecule has 2 aliphatic rings. The lowest BCUT2D eigenvalue weighted by atomic mass is 9.99. The normalized spacial score (nSPS) is 32.0. The molecule has 130 valence electrons. The molecule has 0 bridgehead atoms. The Hall–Kier alpha value is -1.61. The van der Waals surface area contributed by atoms with Crippen LogP contribution in [0.15, 0.2) is 35.3 Å². The third kappa shape index (κ3) is 3.41. The second-order valence-electron chi connectivity index (χ2n) is 5.90. The lowest BCUT2D eigenvalue weighted by Gasteiger charge is -2.37. The molecule has 2 N–H and O–H groups in total. The van der Waals surface area contributed by atoms with Gasteiger partial charge in [-0.2, -0.15) is 0 Å². The molecular weight excluding hydrogens is 332 g/mol. The number of nitrogens with zero attached hydrogens (tertiary/aromatic N) is 2. The average Bonchev–Trinajstić information content (AvgIpc) is 3.02. The van der Waals surface area contributed by atoms with Crippen molar-refractivity contribution in [2.75, 3.05) is 20.7 Å². The summed E-state index contributed by atoms with van der Waals surface area (Å²) < 4.78 is 11.0. The van der Waals surface area contributed by atoms with Crippen LogP contribution in [0, 0.1) is 0 Å². The van der Waals surface area contributed by atoms with Crippen LogP contribution in [0.5, 0.6) is 0 Å². The third-order valence-corrected chi connectivity index (χ3v) is 5.22. The largest absolute Gasteiger partial charge is 0.459 e. The highest BCUT2D eigenvalue weighted by molar-refractivity contribution is 8.14. The van der Waals surface area contributed by atoms with Gasteiger partial charge in [-0.1, -0.05) is 30.0 Å². The van der Waals surface area contributed by atoms with Gasteiger partial charge < -0.3 is 24.6 Å². The number of carbonyl (C=O) groups excluding carboxylic acids is 1. The average molecular weight is 352 g/mol. The first kappa shape index (κ1) is 17.2. The van der Waals surface area contributed by atoms with Gasteiger partial charge >= 0.3 is 5.97 Å². The van der Waals surface area contributed by atoms with E-state index in [0.29, 0.717) is 5.56 Å². The van der Waals surface area contributed by atoms with Gasteiger partial charge in [0.1, 0.15) is 36.4 Å². The number of ether oxygens (including phenoxy) is 2. The Bertz CT molecular complexity index is 624. The molecule has 1 saturated heterocycles. The van der Waals surface area contributed by atoms with Crippen LogP contribution in [0.25, 0.3) is 0 Å². The number of aliphatic imine (C=N–C) groups is 1. The standard InChI is InChI=1S/C16H20N2O5S/c1-18(2)16-17-11-13(20)12(19)10(23-15(11)24-16)8-22-14(21)9-6-4-3-5-7-9/h3-7,10-13,15,19-20H,8H2,1-2H3/t10-,11-,12+,13-,15-/m1/s1. The maximum absolute atomic E-state index is 12.0. The Morgan fingerprint density at radius 3 is 2.67 bits per heavy atom. The molecule has 2 heterocycles. The first-order valence-electron chi connectivity index (χ1n) is 7.63. The van der Waals surface area contributed by atoms with Gasteiger partial charge in [0.25, 0.3) is 0 Å². The number of hydrogen-bond donors (Lipinski definition) is 2. The number of rotatable bonds is 3. The van der Waals surface area contributed by atoms with E-state index in [4.69, 9.17) is 9.47 Å². The summed E-state index contributed by atoms with van der Waals surface area (Å²) in [6, 6.07) is 8.06. The van der Waals surface area contributed by atoms with Gasteiger partial charge in [-0.3, -0.25) is 4.99 Å². The van der Waals surface area contributed by atoms with Gasteiger partial charge in [-0.15, -0.1) is 0 Å². The van der Waals surface area contributed by atoms with Gasteiger partial charge in [0.2, 0.25) is 0 Å². The summed E-state index contributed by atoms with van der Waals surface area (Å²) >= 11 is 1.38. The first-order valence-corrected chi connectivity index (χ1v) is 8.51. The number of hydrogen-bond acceptors (Lipinski definition) is 8. The number of carbonyl (C=O) groups is 1. The van der Waals surface area contributed by atoms with E-state index in [2.05, 4.69) is 4.99 Å². The molecule has 1 aromatic carbocycles. The number of benzene rings is 1. The molecule has 0 amide bonds. The molecule has 1 aromatic rings. The van der Waals surface area contributed by atoms with Crippen LogP contribution in [0.2, 0.25) is 0 Å². The molecule has 0 aromatic heterocycles. The second kappa shape index (κ2) is 7.10. The zero-order chi connectivity index (χ0) is 17.3. The molecule has 1 fully saturated rings. The molecule has 0 saturated carbocycles. The van der Waals surface area contributed by atoms with E-state index in [1.54, 1.807) is 30.3 Å². The van der Waals surface area contributed by atoms with Crippen molar-refractivity contribution in [1.82, 2.24) is 4.90 Å². The maximum atomic E-state index is 12.0. The van der Waals surface area contributed by atoms with Gasteiger partial charge in [0, 0.05) is 14.1 Å². The Morgan fingerprint density at radius 1 is 1.29 bits per heavy atom. The number of esters is 1. The van der Waals surface area contributed by atoms with E-state index in [0.717, 1.165) is 5.17 Å². The van der Waals surface area contributed by atoms with Crippen molar-refractivity contribution in [3.05, 3.63) is 35.9 Å². The van der Waals surface area contributed by atoms with Crippen molar-refractivity contribution in [3.63, 3.8) is 0 Å².